The molecule has 8 nitrogen and oxygen atoms in total. The number of halogens is 2. The molecule has 6 aromatic rings. The third kappa shape index (κ3) is 15.3. The molecule has 0 amide bonds. The predicted octanol–water partition coefficient (Wildman–Crippen LogP) is 10.3. The Morgan fingerprint density at radius 1 is 0.646 bits per heavy atom. The number of hydrogen-bond donors (Lipinski definition) is 2. The molecule has 48 heavy (non-hydrogen) atoms. The van der Waals surface area contributed by atoms with Crippen LogP contribution in [0.1, 0.15) is 72.7 Å². The maximum Gasteiger partial charge on any atom is 0.167 e. The summed E-state index contributed by atoms with van der Waals surface area (Å²) < 4.78 is 39.1. The lowest BCUT2D eigenvalue weighted by atomic mass is 10.1. The third-order valence-corrected chi connectivity index (χ3v) is 7.40. The highest BCUT2D eigenvalue weighted by molar-refractivity contribution is 7.05. The Kier molecular flexibility index (Phi) is 17.7. The molecule has 0 saturated carbocycles. The second-order valence-corrected chi connectivity index (χ2v) is 12.4. The fraction of sp³-hybridized carbons (Fsp3) is 0.351. The van der Waals surface area contributed by atoms with Gasteiger partial charge in [0.15, 0.2) is 11.6 Å². The molecule has 0 aliphatic heterocycles. The molecule has 0 spiro atoms. The van der Waals surface area contributed by atoms with E-state index in [1.165, 1.54) is 4.88 Å². The van der Waals surface area contributed by atoms with Crippen LogP contribution in [-0.2, 0) is 0 Å². The number of aromatic nitrogens is 5. The van der Waals surface area contributed by atoms with Crippen molar-refractivity contribution in [1.82, 2.24) is 24.9 Å². The smallest absolute Gasteiger partial charge is 0.167 e. The molecule has 0 saturated heterocycles. The van der Waals surface area contributed by atoms with E-state index < -0.39 is 5.82 Å². The number of aryl methyl sites for hydroxylation is 12. The number of phenolic OH excluding ortho intramolecular Hbond substituents is 1. The summed E-state index contributed by atoms with van der Waals surface area (Å²) in [7, 11) is 0. The van der Waals surface area contributed by atoms with Gasteiger partial charge in [0, 0.05) is 22.2 Å². The van der Waals surface area contributed by atoms with Gasteiger partial charge in [-0.3, -0.25) is 5.10 Å². The van der Waals surface area contributed by atoms with E-state index >= 15 is 0 Å². The Hall–Kier alpha value is -4.64. The first kappa shape index (κ1) is 41.4. The average Bonchev–Trinajstić information content (AvgIpc) is 3.81. The van der Waals surface area contributed by atoms with Crippen molar-refractivity contribution in [3.05, 3.63) is 133 Å². The van der Waals surface area contributed by atoms with Crippen LogP contribution in [0.3, 0.4) is 0 Å². The quantitative estimate of drug-likeness (QED) is 0.164. The van der Waals surface area contributed by atoms with Crippen molar-refractivity contribution < 1.29 is 22.9 Å². The average molecular weight is 682 g/mol. The van der Waals surface area contributed by atoms with Crippen LogP contribution in [-0.4, -0.2) is 30.0 Å². The van der Waals surface area contributed by atoms with E-state index in [0.29, 0.717) is 11.1 Å². The Morgan fingerprint density at radius 3 is 1.48 bits per heavy atom. The van der Waals surface area contributed by atoms with Crippen LogP contribution in [0.5, 0.6) is 5.75 Å². The number of H-pyrrole nitrogens is 1. The number of nitrogens with one attached hydrogen (secondary N) is 1. The SMILES string of the molecule is Cc1cc(C)[nH]n1.Cc1cc(C)on1.Cc1cc(C)sn1.Cc1ccc(C)c(F)c1O.Cc1cccc(C)c1F.Cc1noc(C)c1C. The zero-order valence-corrected chi connectivity index (χ0v) is 31.2. The number of phenols is 1. The summed E-state index contributed by atoms with van der Waals surface area (Å²) in [6, 6.07) is 14.7. The fourth-order valence-electron chi connectivity index (χ4n) is 3.62. The van der Waals surface area contributed by atoms with Crippen LogP contribution in [0.15, 0.2) is 57.6 Å². The van der Waals surface area contributed by atoms with E-state index in [9.17, 15) is 8.78 Å². The molecule has 4 aromatic heterocycles. The Bertz CT molecular complexity index is 1610. The Labute approximate surface area is 287 Å². The van der Waals surface area contributed by atoms with Gasteiger partial charge in [-0.25, -0.2) is 8.78 Å². The van der Waals surface area contributed by atoms with Gasteiger partial charge in [0.2, 0.25) is 0 Å². The number of rotatable bonds is 0. The summed E-state index contributed by atoms with van der Waals surface area (Å²) in [5, 5.41) is 23.1. The summed E-state index contributed by atoms with van der Waals surface area (Å²) >= 11 is 1.55. The minimum Gasteiger partial charge on any atom is -0.505 e. The highest BCUT2D eigenvalue weighted by atomic mass is 32.1. The molecule has 4 heterocycles. The summed E-state index contributed by atoms with van der Waals surface area (Å²) in [5.74, 6) is 0.956. The van der Waals surface area contributed by atoms with Crippen LogP contribution >= 0.6 is 11.5 Å². The van der Waals surface area contributed by atoms with E-state index in [4.69, 9.17) is 14.2 Å². The van der Waals surface area contributed by atoms with Crippen LogP contribution in [0.2, 0.25) is 0 Å². The summed E-state index contributed by atoms with van der Waals surface area (Å²) in [6.07, 6.45) is 0. The van der Waals surface area contributed by atoms with Gasteiger partial charge >= 0.3 is 0 Å². The molecule has 11 heteroatoms. The first-order valence-electron chi connectivity index (χ1n) is 15.3. The topological polar surface area (TPSA) is 114 Å². The number of hydrogen-bond acceptors (Lipinski definition) is 8. The molecular formula is C37H49F2N5O3S. The molecule has 0 bridgehead atoms. The lowest BCUT2D eigenvalue weighted by Gasteiger charge is -2.01. The van der Waals surface area contributed by atoms with E-state index in [1.54, 1.807) is 63.5 Å². The van der Waals surface area contributed by atoms with Crippen molar-refractivity contribution in [3.63, 3.8) is 0 Å². The number of nitrogens with zero attached hydrogens (tertiary/aromatic N) is 4. The Balaban J connectivity index is 0.000000289. The van der Waals surface area contributed by atoms with E-state index in [2.05, 4.69) is 37.9 Å². The van der Waals surface area contributed by atoms with Crippen molar-refractivity contribution >= 4 is 11.5 Å². The molecule has 6 rings (SSSR count). The van der Waals surface area contributed by atoms with Gasteiger partial charge in [0.1, 0.15) is 17.3 Å². The van der Waals surface area contributed by atoms with Crippen molar-refractivity contribution in [1.29, 1.82) is 0 Å². The van der Waals surface area contributed by atoms with E-state index in [1.807, 2.05) is 73.6 Å². The minimum absolute atomic E-state index is 0.0856. The first-order chi connectivity index (χ1) is 22.4. The standard InChI is InChI=1S/C8H9FO.C8H9F.C6H9NO.C5H8N2.C5H7NO.C5H7NS/c1-5-3-4-6(2)8(10)7(5)9;1-6-4-3-5-7(2)8(6)9;1-4-5(2)7-8-6(4)3;3*1-4-3-5(2)7-6-4/h3-4,10H,1-2H3;3-5H,1-2H3;1-3H3;3H,1-2H3,(H,6,7);2*3H,1-2H3. The molecular weight excluding hydrogens is 633 g/mol. The lowest BCUT2D eigenvalue weighted by molar-refractivity contribution is 0.392. The maximum atomic E-state index is 12.7. The molecule has 2 aromatic carbocycles. The summed E-state index contributed by atoms with van der Waals surface area (Å²) in [5.41, 5.74) is 8.87. The van der Waals surface area contributed by atoms with Crippen LogP contribution in [0, 0.1) is 102 Å². The maximum absolute atomic E-state index is 12.7. The zero-order valence-electron chi connectivity index (χ0n) is 30.3. The van der Waals surface area contributed by atoms with Crippen molar-refractivity contribution in [3.8, 4) is 5.75 Å². The Morgan fingerprint density at radius 2 is 1.23 bits per heavy atom. The molecule has 0 unspecified atom stereocenters. The van der Waals surface area contributed by atoms with Gasteiger partial charge in [-0.1, -0.05) is 40.6 Å². The highest BCUT2D eigenvalue weighted by Crippen LogP contribution is 2.22. The van der Waals surface area contributed by atoms with Crippen LogP contribution in [0.25, 0.3) is 0 Å². The first-order valence-corrected chi connectivity index (χ1v) is 16.0. The molecule has 0 radical (unpaired) electrons. The largest absolute Gasteiger partial charge is 0.505 e. The summed E-state index contributed by atoms with van der Waals surface area (Å²) in [4.78, 5) is 1.29. The third-order valence-electron chi connectivity index (χ3n) is 6.61. The minimum atomic E-state index is -0.514. The van der Waals surface area contributed by atoms with Gasteiger partial charge < -0.3 is 14.2 Å². The molecule has 0 atom stereocenters. The van der Waals surface area contributed by atoms with Gasteiger partial charge in [0.25, 0.3) is 0 Å². The van der Waals surface area contributed by atoms with Gasteiger partial charge in [-0.2, -0.15) is 9.47 Å². The van der Waals surface area contributed by atoms with E-state index in [-0.39, 0.29) is 11.6 Å². The van der Waals surface area contributed by atoms with Crippen LogP contribution < -0.4 is 0 Å². The zero-order chi connectivity index (χ0) is 36.6. The molecule has 0 aliphatic rings. The number of aromatic hydroxyl groups is 1. The van der Waals surface area contributed by atoms with E-state index in [0.717, 1.165) is 56.7 Å². The highest BCUT2D eigenvalue weighted by Gasteiger charge is 2.05. The second kappa shape index (κ2) is 20.6. The normalized spacial score (nSPS) is 9.65. The van der Waals surface area contributed by atoms with Crippen LogP contribution in [0.4, 0.5) is 8.78 Å². The van der Waals surface area contributed by atoms with Crippen molar-refractivity contribution in [2.75, 3.05) is 0 Å². The van der Waals surface area contributed by atoms with Gasteiger partial charge in [-0.15, -0.1) is 0 Å². The van der Waals surface area contributed by atoms with Crippen molar-refractivity contribution in [2.45, 2.75) is 90.0 Å². The summed E-state index contributed by atoms with van der Waals surface area (Å²) in [6.45, 7) is 24.5. The molecule has 2 N–H and O–H groups in total. The van der Waals surface area contributed by atoms with Gasteiger partial charge in [0.05, 0.1) is 22.8 Å². The van der Waals surface area contributed by atoms with Crippen molar-refractivity contribution in [2.24, 2.45) is 0 Å². The second-order valence-electron chi connectivity index (χ2n) is 11.4. The fourth-order valence-corrected chi connectivity index (χ4v) is 4.18. The lowest BCUT2D eigenvalue weighted by Crippen LogP contribution is -1.84. The molecule has 260 valence electrons. The number of aromatic amines is 1. The van der Waals surface area contributed by atoms with Gasteiger partial charge in [-0.05, 0) is 136 Å². The predicted molar refractivity (Wildman–Crippen MR) is 190 cm³/mol. The monoisotopic (exact) mass is 681 g/mol. The number of benzene rings is 2. The molecule has 0 fully saturated rings. The molecule has 0 aliphatic carbocycles.